The summed E-state index contributed by atoms with van der Waals surface area (Å²) >= 11 is 0. The molecule has 0 spiro atoms. The lowest BCUT2D eigenvalue weighted by Gasteiger charge is -1.99. The van der Waals surface area contributed by atoms with Crippen molar-refractivity contribution in [3.05, 3.63) is 12.2 Å². The molecule has 0 bridgehead atoms. The van der Waals surface area contributed by atoms with E-state index in [-0.39, 0.29) is 0 Å². The van der Waals surface area contributed by atoms with E-state index < -0.39 is 0 Å². The van der Waals surface area contributed by atoms with E-state index in [1.54, 1.807) is 6.42 Å². The van der Waals surface area contributed by atoms with Crippen molar-refractivity contribution in [2.24, 2.45) is 11.8 Å². The van der Waals surface area contributed by atoms with Crippen LogP contribution in [0.1, 0.15) is 32.1 Å². The molecule has 1 nitrogen and oxygen atoms in total. The van der Waals surface area contributed by atoms with Crippen LogP contribution in [0.5, 0.6) is 0 Å². The highest BCUT2D eigenvalue weighted by Crippen LogP contribution is 2.45. The lowest BCUT2D eigenvalue weighted by Crippen LogP contribution is -1.85. The molecular formula is C10H18O. The number of allylic oxidation sites excluding steroid dienone is 2. The van der Waals surface area contributed by atoms with Gasteiger partial charge in [0, 0.05) is 7.11 Å². The van der Waals surface area contributed by atoms with Gasteiger partial charge in [-0.3, -0.25) is 0 Å². The van der Waals surface area contributed by atoms with Crippen LogP contribution in [0, 0.1) is 11.8 Å². The molecule has 0 amide bonds. The molecule has 0 heterocycles. The maximum Gasteiger partial charge on any atom is 0.0319 e. The molecule has 0 aromatic carbocycles. The fraction of sp³-hybridized carbons (Fsp3) is 0.800. The fourth-order valence-corrected chi connectivity index (χ4v) is 1.87. The Morgan fingerprint density at radius 1 is 1.00 bits per heavy atom. The molecule has 2 rings (SSSR count). The van der Waals surface area contributed by atoms with Crippen molar-refractivity contribution >= 4 is 0 Å². The average Bonchev–Trinajstić information content (AvgIpc) is 2.71. The van der Waals surface area contributed by atoms with Gasteiger partial charge in [-0.1, -0.05) is 12.2 Å². The minimum Gasteiger partial charge on any atom is -0.400 e. The summed E-state index contributed by atoms with van der Waals surface area (Å²) in [7, 11) is 1.00. The first kappa shape index (κ1) is 8.79. The molecule has 0 aromatic heterocycles. The maximum absolute atomic E-state index is 7.00. The summed E-state index contributed by atoms with van der Waals surface area (Å²) in [4.78, 5) is 0. The first-order valence-corrected chi connectivity index (χ1v) is 4.56. The van der Waals surface area contributed by atoms with Crippen LogP contribution in [0.2, 0.25) is 0 Å². The third-order valence-corrected chi connectivity index (χ3v) is 2.64. The SMILES string of the molecule is C1=C\CCC2CC2CC/1.CO. The van der Waals surface area contributed by atoms with E-state index >= 15 is 0 Å². The van der Waals surface area contributed by atoms with Crippen molar-refractivity contribution in [3.63, 3.8) is 0 Å². The second kappa shape index (κ2) is 4.55. The van der Waals surface area contributed by atoms with E-state index in [1.807, 2.05) is 0 Å². The lowest BCUT2D eigenvalue weighted by atomic mass is 10.1. The minimum absolute atomic E-state index is 1.00. The fourth-order valence-electron chi connectivity index (χ4n) is 1.87. The van der Waals surface area contributed by atoms with Crippen molar-refractivity contribution in [2.75, 3.05) is 7.11 Å². The molecule has 11 heavy (non-hydrogen) atoms. The van der Waals surface area contributed by atoms with Gasteiger partial charge in [0.15, 0.2) is 0 Å². The zero-order valence-corrected chi connectivity index (χ0v) is 7.29. The molecule has 2 unspecified atom stereocenters. The monoisotopic (exact) mass is 154 g/mol. The topological polar surface area (TPSA) is 20.2 Å². The van der Waals surface area contributed by atoms with Crippen LogP contribution in [0.4, 0.5) is 0 Å². The van der Waals surface area contributed by atoms with Crippen LogP contribution in [0.25, 0.3) is 0 Å². The van der Waals surface area contributed by atoms with Crippen molar-refractivity contribution in [1.29, 1.82) is 0 Å². The molecule has 1 fully saturated rings. The van der Waals surface area contributed by atoms with E-state index in [0.717, 1.165) is 18.9 Å². The van der Waals surface area contributed by atoms with E-state index in [4.69, 9.17) is 5.11 Å². The van der Waals surface area contributed by atoms with Gasteiger partial charge in [0.05, 0.1) is 0 Å². The molecule has 64 valence electrons. The molecule has 1 N–H and O–H groups in total. The Morgan fingerprint density at radius 2 is 1.45 bits per heavy atom. The summed E-state index contributed by atoms with van der Waals surface area (Å²) < 4.78 is 0. The summed E-state index contributed by atoms with van der Waals surface area (Å²) in [5.74, 6) is 2.27. The number of fused-ring (bicyclic) bond motifs is 1. The molecule has 1 heteroatoms. The first-order valence-electron chi connectivity index (χ1n) is 4.56. The molecule has 0 aliphatic heterocycles. The van der Waals surface area contributed by atoms with Crippen LogP contribution in [0.15, 0.2) is 12.2 Å². The summed E-state index contributed by atoms with van der Waals surface area (Å²) in [6.45, 7) is 0. The molecule has 0 aromatic rings. The number of hydrogen-bond acceptors (Lipinski definition) is 1. The summed E-state index contributed by atoms with van der Waals surface area (Å²) in [5, 5.41) is 7.00. The first-order chi connectivity index (χ1) is 5.47. The third-order valence-electron chi connectivity index (χ3n) is 2.64. The second-order valence-electron chi connectivity index (χ2n) is 3.38. The maximum atomic E-state index is 7.00. The average molecular weight is 154 g/mol. The predicted octanol–water partition coefficient (Wildman–Crippen LogP) is 2.36. The minimum atomic E-state index is 1.00. The van der Waals surface area contributed by atoms with Gasteiger partial charge >= 0.3 is 0 Å². The highest BCUT2D eigenvalue weighted by Gasteiger charge is 2.35. The van der Waals surface area contributed by atoms with Crippen molar-refractivity contribution in [3.8, 4) is 0 Å². The van der Waals surface area contributed by atoms with E-state index in [2.05, 4.69) is 12.2 Å². The van der Waals surface area contributed by atoms with Gasteiger partial charge in [-0.25, -0.2) is 0 Å². The third kappa shape index (κ3) is 2.66. The van der Waals surface area contributed by atoms with Crippen LogP contribution in [0.3, 0.4) is 0 Å². The normalized spacial score (nSPS) is 36.9. The lowest BCUT2D eigenvalue weighted by molar-refractivity contribution is 0.399. The van der Waals surface area contributed by atoms with E-state index in [0.29, 0.717) is 0 Å². The Kier molecular flexibility index (Phi) is 3.64. The van der Waals surface area contributed by atoms with Gasteiger partial charge in [-0.05, 0) is 43.9 Å². The van der Waals surface area contributed by atoms with Gasteiger partial charge < -0.3 is 5.11 Å². The van der Waals surface area contributed by atoms with Crippen molar-refractivity contribution in [1.82, 2.24) is 0 Å². The quantitative estimate of drug-likeness (QED) is 0.531. The zero-order chi connectivity index (χ0) is 8.10. The highest BCUT2D eigenvalue weighted by atomic mass is 16.2. The van der Waals surface area contributed by atoms with Crippen LogP contribution >= 0.6 is 0 Å². The molecule has 0 saturated heterocycles. The standard InChI is InChI=1S/C9H14.CH4O/c1-2-4-6-9-7-8(9)5-3-1;1-2/h1-2,8-9H,3-7H2;2H,1H3/b2-1-;. The Balaban J connectivity index is 0.000000281. The van der Waals surface area contributed by atoms with Gasteiger partial charge in [-0.15, -0.1) is 0 Å². The van der Waals surface area contributed by atoms with Crippen LogP contribution < -0.4 is 0 Å². The number of hydrogen-bond donors (Lipinski definition) is 1. The molecule has 1 saturated carbocycles. The molecule has 2 aliphatic rings. The molecule has 2 atom stereocenters. The zero-order valence-electron chi connectivity index (χ0n) is 7.29. The van der Waals surface area contributed by atoms with Crippen molar-refractivity contribution in [2.45, 2.75) is 32.1 Å². The number of aliphatic hydroxyl groups excluding tert-OH is 1. The molecule has 0 radical (unpaired) electrons. The van der Waals surface area contributed by atoms with Gasteiger partial charge in [0.25, 0.3) is 0 Å². The predicted molar refractivity (Wildman–Crippen MR) is 47.3 cm³/mol. The Bertz CT molecular complexity index is 115. The summed E-state index contributed by atoms with van der Waals surface area (Å²) in [6, 6.07) is 0. The van der Waals surface area contributed by atoms with Crippen LogP contribution in [-0.4, -0.2) is 12.2 Å². The second-order valence-corrected chi connectivity index (χ2v) is 3.38. The largest absolute Gasteiger partial charge is 0.400 e. The van der Waals surface area contributed by atoms with E-state index in [9.17, 15) is 0 Å². The Hall–Kier alpha value is -0.300. The van der Waals surface area contributed by atoms with Gasteiger partial charge in [-0.2, -0.15) is 0 Å². The molecular weight excluding hydrogens is 136 g/mol. The van der Waals surface area contributed by atoms with Gasteiger partial charge in [0.1, 0.15) is 0 Å². The number of rotatable bonds is 0. The van der Waals surface area contributed by atoms with Crippen LogP contribution in [-0.2, 0) is 0 Å². The number of aliphatic hydroxyl groups is 1. The summed E-state index contributed by atoms with van der Waals surface area (Å²) in [5.41, 5.74) is 0. The smallest absolute Gasteiger partial charge is 0.0319 e. The van der Waals surface area contributed by atoms with Crippen molar-refractivity contribution < 1.29 is 5.11 Å². The Labute approximate surface area is 69.1 Å². The van der Waals surface area contributed by atoms with E-state index in [1.165, 1.54) is 25.7 Å². The molecule has 2 aliphatic carbocycles. The summed E-state index contributed by atoms with van der Waals surface area (Å²) in [6.07, 6.45) is 11.9. The highest BCUT2D eigenvalue weighted by molar-refractivity contribution is 4.94. The Morgan fingerprint density at radius 3 is 1.91 bits per heavy atom. The van der Waals surface area contributed by atoms with Gasteiger partial charge in [0.2, 0.25) is 0 Å².